The molecule has 22 rings (SSSR count). The van der Waals surface area contributed by atoms with Crippen LogP contribution in [-0.2, 0) is 0 Å². The summed E-state index contributed by atoms with van der Waals surface area (Å²) in [6.07, 6.45) is 89.6. The Balaban J connectivity index is 0.740. The van der Waals surface area contributed by atoms with Crippen LogP contribution in [0, 0.1) is 176 Å². The molecule has 0 spiro atoms. The van der Waals surface area contributed by atoms with Crippen molar-refractivity contribution in [3.05, 3.63) is 0 Å². The van der Waals surface area contributed by atoms with Gasteiger partial charge in [0.2, 0.25) is 0 Å². The lowest BCUT2D eigenvalue weighted by atomic mass is 9.18. The van der Waals surface area contributed by atoms with Gasteiger partial charge in [0.25, 0.3) is 0 Å². The van der Waals surface area contributed by atoms with E-state index in [0.717, 1.165) is 251 Å². The Morgan fingerprint density at radius 3 is 0.958 bits per heavy atom. The van der Waals surface area contributed by atoms with E-state index in [1.54, 1.807) is 276 Å². The number of rotatable bonds is 9. The smallest absolute Gasteiger partial charge is 0.156 e. The molecule has 33 unspecified atom stereocenters. The lowest BCUT2D eigenvalue weighted by Crippen LogP contribution is -2.78. The summed E-state index contributed by atoms with van der Waals surface area (Å²) in [5, 5.41) is 0. The molecule has 0 aromatic carbocycles. The van der Waals surface area contributed by atoms with E-state index in [1.165, 1.54) is 89.9 Å². The number of hydrogen-bond acceptors (Lipinski definition) is 4. The minimum absolute atomic E-state index is 0.375. The third-order valence-electron chi connectivity index (χ3n) is 47.4. The molecule has 0 N–H and O–H groups in total. The number of fused-ring (bicyclic) bond motifs is 12. The summed E-state index contributed by atoms with van der Waals surface area (Å²) in [5.41, 5.74) is 1.59. The molecule has 5 heteroatoms. The summed E-state index contributed by atoms with van der Waals surface area (Å²) in [7, 11) is 0. The Hall–Kier alpha value is -0.0951. The topological polar surface area (TPSA) is 13.0 Å². The van der Waals surface area contributed by atoms with E-state index < -0.39 is 0 Å². The standard InChI is InChI=1S/C114H191BN4/c1-111(2,3)76-51-58-100-94(61-76)95-62-77(112(4,5)6)52-59-101(95)116(100)80-53-57-97-103(67-80)119(110-92(72-36-21-15-22-37-72)65-79(114(10,11)12)66-93(110)73-38-23-16-24-39-73)105-69-81(117-98-48-27-25-42-83(98)84-43-26-28-49-99(84)117)68-104-108(105)115(97)96-56-50-75(82-54-55-89-87-45-30-41-74-40-29-44-86(106(74)87)88-47-31-46-85(82)107(88)89)60-102(96)118(104)109-90(70-32-17-13-18-33-70)63-78(113(7,8)9)64-91(109)71-34-19-14-20-35-71/h70-110H,13-69H2,1-12H3. The predicted octanol–water partition coefficient (Wildman–Crippen LogP) is 30.0. The fraction of sp³-hybridized carbons (Fsp3) is 1.00. The Morgan fingerprint density at radius 1 is 0.185 bits per heavy atom. The Labute approximate surface area is 736 Å². The van der Waals surface area contributed by atoms with Gasteiger partial charge in [-0.25, -0.2) is 0 Å². The Kier molecular flexibility index (Phi) is 23.9. The number of hydrogen-bond donors (Lipinski definition) is 0. The molecule has 22 aliphatic rings. The van der Waals surface area contributed by atoms with Crippen molar-refractivity contribution in [3.63, 3.8) is 0 Å². The third-order valence-corrected chi connectivity index (χ3v) is 47.4. The molecule has 0 aromatic heterocycles. The first-order valence-corrected chi connectivity index (χ1v) is 56.7. The summed E-state index contributed by atoms with van der Waals surface area (Å²) in [6.45, 7) is 33.8. The normalized spacial score (nSPS) is 50.9. The summed E-state index contributed by atoms with van der Waals surface area (Å²) in [6, 6.07) is 9.76. The second-order valence-corrected chi connectivity index (χ2v) is 55.5. The minimum Gasteiger partial charge on any atom is -0.295 e. The third kappa shape index (κ3) is 15.0. The number of likely N-dealkylation sites (tertiary alicyclic amines) is 2. The van der Waals surface area contributed by atoms with Crippen LogP contribution in [0.25, 0.3) is 0 Å². The molecule has 18 saturated carbocycles. The minimum atomic E-state index is 0.375. The first-order valence-electron chi connectivity index (χ1n) is 56.7. The maximum atomic E-state index is 4.11. The van der Waals surface area contributed by atoms with Crippen LogP contribution < -0.4 is 0 Å². The summed E-state index contributed by atoms with van der Waals surface area (Å²) in [5.74, 6) is 28.2. The SMILES string of the molecule is CC(C)(C)C1CCC2C(C1)C1CC(C(C)(C)C)CCC1N2C1CCC2B3C4CCC(C5CCC6C7CCCC8CCCC(C9CCCC5C96)C87)CC4N(C4C(C5CCCCC5)CC(C(C)(C)C)CC4C4CCCCC4)C4CC(N5C6CCCCC6C6CCCCC65)CC(C34)N(C3C(C4CCCCC4)CC(C(C)(C)C)CC3C3CCCCC3)C2C1. The maximum absolute atomic E-state index is 4.11. The van der Waals surface area contributed by atoms with Crippen LogP contribution in [0.1, 0.15) is 449 Å². The largest absolute Gasteiger partial charge is 0.295 e. The van der Waals surface area contributed by atoms with Crippen LogP contribution in [0.3, 0.4) is 0 Å². The lowest BCUT2D eigenvalue weighted by molar-refractivity contribution is -0.163. The molecule has 119 heavy (non-hydrogen) atoms. The predicted molar refractivity (Wildman–Crippen MR) is 502 cm³/mol. The van der Waals surface area contributed by atoms with Crippen LogP contribution >= 0.6 is 0 Å². The quantitative estimate of drug-likeness (QED) is 0.213. The van der Waals surface area contributed by atoms with Gasteiger partial charge in [-0.3, -0.25) is 19.6 Å². The molecule has 4 aliphatic heterocycles. The highest BCUT2D eigenvalue weighted by atomic mass is 15.3. The molecule has 22 fully saturated rings. The average Bonchev–Trinajstić information content (AvgIpc) is 1.16. The van der Waals surface area contributed by atoms with Crippen LogP contribution in [0.5, 0.6) is 0 Å². The molecule has 0 aromatic rings. The summed E-state index contributed by atoms with van der Waals surface area (Å²) >= 11 is 0. The van der Waals surface area contributed by atoms with E-state index >= 15 is 0 Å². The van der Waals surface area contributed by atoms with Crippen molar-refractivity contribution < 1.29 is 0 Å². The van der Waals surface area contributed by atoms with E-state index in [2.05, 4.69) is 103 Å². The highest BCUT2D eigenvalue weighted by Crippen LogP contribution is 2.73. The highest BCUT2D eigenvalue weighted by molar-refractivity contribution is 6.65. The van der Waals surface area contributed by atoms with Gasteiger partial charge >= 0.3 is 0 Å². The van der Waals surface area contributed by atoms with Gasteiger partial charge < -0.3 is 0 Å². The molecular weight excluding hydrogens is 1440 g/mol. The van der Waals surface area contributed by atoms with Gasteiger partial charge in [-0.05, 0) is 353 Å². The lowest BCUT2D eigenvalue weighted by Gasteiger charge is -2.73. The van der Waals surface area contributed by atoms with E-state index in [0.29, 0.717) is 21.7 Å². The van der Waals surface area contributed by atoms with Crippen molar-refractivity contribution in [1.29, 1.82) is 0 Å². The van der Waals surface area contributed by atoms with Crippen molar-refractivity contribution in [2.75, 3.05) is 0 Å². The first-order chi connectivity index (χ1) is 57.6. The molecule has 0 bridgehead atoms. The Morgan fingerprint density at radius 2 is 0.513 bits per heavy atom. The monoisotopic (exact) mass is 1630 g/mol. The molecule has 0 radical (unpaired) electrons. The molecule has 18 aliphatic carbocycles. The zero-order valence-corrected chi connectivity index (χ0v) is 80.3. The van der Waals surface area contributed by atoms with E-state index in [-0.39, 0.29) is 0 Å². The fourth-order valence-electron chi connectivity index (χ4n) is 42.8. The van der Waals surface area contributed by atoms with Crippen molar-refractivity contribution in [3.8, 4) is 0 Å². The maximum Gasteiger partial charge on any atom is 0.156 e. The van der Waals surface area contributed by atoms with Gasteiger partial charge in [-0.2, -0.15) is 0 Å². The van der Waals surface area contributed by atoms with Gasteiger partial charge in [0.1, 0.15) is 0 Å². The van der Waals surface area contributed by atoms with Crippen LogP contribution in [-0.4, -0.2) is 98.8 Å². The summed E-state index contributed by atoms with van der Waals surface area (Å²) < 4.78 is 0. The van der Waals surface area contributed by atoms with E-state index in [9.17, 15) is 0 Å². The fourth-order valence-corrected chi connectivity index (χ4v) is 42.8. The molecule has 4 nitrogen and oxygen atoms in total. The first kappa shape index (κ1) is 84.4. The molecular formula is C114H191BN4. The second kappa shape index (κ2) is 33.6. The van der Waals surface area contributed by atoms with Crippen molar-refractivity contribution in [1.82, 2.24) is 19.6 Å². The van der Waals surface area contributed by atoms with Crippen molar-refractivity contribution in [2.24, 2.45) is 176 Å². The molecule has 0 amide bonds. The molecule has 33 atom stereocenters. The molecule has 4 saturated heterocycles. The average molecular weight is 1630 g/mol. The van der Waals surface area contributed by atoms with E-state index in [4.69, 9.17) is 0 Å². The van der Waals surface area contributed by atoms with Gasteiger partial charge in [0.05, 0.1) is 0 Å². The number of nitrogens with zero attached hydrogens (tertiary/aromatic N) is 4. The highest BCUT2D eigenvalue weighted by Gasteiger charge is 2.72. The van der Waals surface area contributed by atoms with Gasteiger partial charge in [-0.15, -0.1) is 0 Å². The van der Waals surface area contributed by atoms with Gasteiger partial charge in [-0.1, -0.05) is 289 Å². The zero-order valence-electron chi connectivity index (χ0n) is 80.3. The van der Waals surface area contributed by atoms with Crippen LogP contribution in [0.4, 0.5) is 0 Å². The molecule has 670 valence electrons. The summed E-state index contributed by atoms with van der Waals surface area (Å²) in [4.78, 5) is 15.6. The van der Waals surface area contributed by atoms with Gasteiger partial charge in [0.15, 0.2) is 6.71 Å². The second-order valence-electron chi connectivity index (χ2n) is 55.5. The van der Waals surface area contributed by atoms with Crippen LogP contribution in [0.2, 0.25) is 17.5 Å². The van der Waals surface area contributed by atoms with Gasteiger partial charge in [0, 0.05) is 72.5 Å². The van der Waals surface area contributed by atoms with Crippen molar-refractivity contribution >= 4 is 6.71 Å². The van der Waals surface area contributed by atoms with E-state index in [1.807, 2.05) is 0 Å². The van der Waals surface area contributed by atoms with Crippen LogP contribution in [0.15, 0.2) is 0 Å². The van der Waals surface area contributed by atoms with Crippen molar-refractivity contribution in [2.45, 2.75) is 539 Å². The molecule has 4 heterocycles. The zero-order chi connectivity index (χ0) is 80.9. The Bertz CT molecular complexity index is 3240.